The molecule has 0 radical (unpaired) electrons. The zero-order chi connectivity index (χ0) is 12.5. The van der Waals surface area contributed by atoms with Crippen LogP contribution in [0.3, 0.4) is 0 Å². The van der Waals surface area contributed by atoms with Crippen LogP contribution in [0.25, 0.3) is 0 Å². The van der Waals surface area contributed by atoms with Crippen LogP contribution in [0, 0.1) is 5.41 Å². The van der Waals surface area contributed by atoms with Crippen LogP contribution in [0.1, 0.15) is 24.8 Å². The lowest BCUT2D eigenvalue weighted by Crippen LogP contribution is -2.13. The highest BCUT2D eigenvalue weighted by Gasteiger charge is 1.99. The number of nitrogens with two attached hydrogens (primary N) is 1. The molecule has 0 amide bonds. The van der Waals surface area contributed by atoms with Gasteiger partial charge in [-0.1, -0.05) is 42.5 Å². The van der Waals surface area contributed by atoms with Crippen LogP contribution in [-0.2, 0) is 11.3 Å². The molecule has 0 saturated carbocycles. The monoisotopic (exact) mass is 250 g/mol. The van der Waals surface area contributed by atoms with Crippen molar-refractivity contribution in [2.45, 2.75) is 25.9 Å². The van der Waals surface area contributed by atoms with Crippen LogP contribution in [-0.4, -0.2) is 17.3 Å². The van der Waals surface area contributed by atoms with Crippen LogP contribution in [0.5, 0.6) is 0 Å². The van der Waals surface area contributed by atoms with Gasteiger partial charge in [-0.05, 0) is 18.4 Å². The number of hydrogen-bond donors (Lipinski definition) is 2. The van der Waals surface area contributed by atoms with Gasteiger partial charge in [0.25, 0.3) is 0 Å². The van der Waals surface area contributed by atoms with Crippen molar-refractivity contribution in [2.75, 3.05) is 6.61 Å². The summed E-state index contributed by atoms with van der Waals surface area (Å²) in [5.41, 5.74) is 7.12. The molecule has 0 saturated heterocycles. The lowest BCUT2D eigenvalue weighted by atomic mass is 10.1. The first-order valence-electron chi connectivity index (χ1n) is 5.65. The predicted octanol–water partition coefficient (Wildman–Crippen LogP) is 2.68. The van der Waals surface area contributed by atoms with Crippen LogP contribution in [0.15, 0.2) is 30.3 Å². The molecule has 1 aromatic carbocycles. The third-order valence-electron chi connectivity index (χ3n) is 2.27. The second-order valence-corrected chi connectivity index (χ2v) is 4.41. The van der Waals surface area contributed by atoms with E-state index in [-0.39, 0.29) is 0 Å². The van der Waals surface area contributed by atoms with Crippen LogP contribution < -0.4 is 5.73 Å². The van der Waals surface area contributed by atoms with Crippen molar-refractivity contribution in [1.82, 2.24) is 0 Å². The summed E-state index contributed by atoms with van der Waals surface area (Å²) in [6.45, 7) is 1.29. The Morgan fingerprint density at radius 1 is 1.29 bits per heavy atom. The molecule has 0 spiro atoms. The number of nitrogens with one attached hydrogen (secondary N) is 1. The summed E-state index contributed by atoms with van der Waals surface area (Å²) >= 11 is 4.74. The van der Waals surface area contributed by atoms with Crippen molar-refractivity contribution in [1.29, 1.82) is 5.41 Å². The summed E-state index contributed by atoms with van der Waals surface area (Å²) in [7, 11) is 0. The fourth-order valence-corrected chi connectivity index (χ4v) is 1.62. The third kappa shape index (κ3) is 6.81. The smallest absolute Gasteiger partial charge is 0.0783 e. The molecular formula is C13H18N2OS. The third-order valence-corrected chi connectivity index (χ3v) is 2.41. The fraction of sp³-hybridized carbons (Fsp3) is 0.385. The van der Waals surface area contributed by atoms with Gasteiger partial charge in [0.15, 0.2) is 0 Å². The zero-order valence-electron chi connectivity index (χ0n) is 9.82. The van der Waals surface area contributed by atoms with Gasteiger partial charge in [-0.2, -0.15) is 0 Å². The van der Waals surface area contributed by atoms with E-state index in [0.29, 0.717) is 36.8 Å². The van der Waals surface area contributed by atoms with Gasteiger partial charge in [-0.3, -0.25) is 0 Å². The van der Waals surface area contributed by atoms with Crippen molar-refractivity contribution in [3.05, 3.63) is 35.9 Å². The Bertz CT molecular complexity index is 365. The summed E-state index contributed by atoms with van der Waals surface area (Å²) in [6.07, 6.45) is 1.97. The Morgan fingerprint density at radius 2 is 2.00 bits per heavy atom. The molecule has 0 heterocycles. The highest BCUT2D eigenvalue weighted by Crippen LogP contribution is 2.02. The average molecular weight is 250 g/mol. The van der Waals surface area contributed by atoms with Crippen molar-refractivity contribution < 1.29 is 4.74 Å². The normalized spacial score (nSPS) is 10.1. The highest BCUT2D eigenvalue weighted by atomic mass is 32.1. The SMILES string of the molecule is N=C(CCCOCc1ccccc1)CC(N)=S. The molecule has 0 bridgehead atoms. The van der Waals surface area contributed by atoms with Gasteiger partial charge in [0.2, 0.25) is 0 Å². The summed E-state index contributed by atoms with van der Waals surface area (Å²) in [5.74, 6) is 0. The summed E-state index contributed by atoms with van der Waals surface area (Å²) in [5, 5.41) is 7.60. The van der Waals surface area contributed by atoms with E-state index in [0.717, 1.165) is 6.42 Å². The first-order chi connectivity index (χ1) is 8.18. The van der Waals surface area contributed by atoms with E-state index < -0.39 is 0 Å². The molecule has 0 aliphatic heterocycles. The number of benzene rings is 1. The van der Waals surface area contributed by atoms with Gasteiger partial charge in [-0.15, -0.1) is 0 Å². The van der Waals surface area contributed by atoms with Crippen LogP contribution in [0.4, 0.5) is 0 Å². The number of thiocarbonyl (C=S) groups is 1. The fourth-order valence-electron chi connectivity index (χ4n) is 1.45. The Hall–Kier alpha value is -1.26. The highest BCUT2D eigenvalue weighted by molar-refractivity contribution is 7.80. The standard InChI is InChI=1S/C13H18N2OS/c14-12(9-13(15)17)7-4-8-16-10-11-5-2-1-3-6-11/h1-3,5-6,14H,4,7-10H2,(H2,15,17). The maximum Gasteiger partial charge on any atom is 0.0783 e. The number of ether oxygens (including phenoxy) is 1. The van der Waals surface area contributed by atoms with E-state index in [1.54, 1.807) is 0 Å². The topological polar surface area (TPSA) is 59.1 Å². The second-order valence-electron chi connectivity index (χ2n) is 3.89. The van der Waals surface area contributed by atoms with Gasteiger partial charge >= 0.3 is 0 Å². The molecule has 0 aliphatic rings. The van der Waals surface area contributed by atoms with Crippen molar-refractivity contribution >= 4 is 22.9 Å². The molecule has 4 heteroatoms. The van der Waals surface area contributed by atoms with Gasteiger partial charge in [0.1, 0.15) is 0 Å². The second kappa shape index (κ2) is 7.92. The average Bonchev–Trinajstić information content (AvgIpc) is 2.29. The van der Waals surface area contributed by atoms with E-state index in [1.165, 1.54) is 5.56 Å². The molecule has 0 fully saturated rings. The molecule has 3 N–H and O–H groups in total. The summed E-state index contributed by atoms with van der Waals surface area (Å²) < 4.78 is 5.51. The zero-order valence-corrected chi connectivity index (χ0v) is 10.6. The maximum absolute atomic E-state index is 7.60. The van der Waals surface area contributed by atoms with Gasteiger partial charge in [0.05, 0.1) is 11.6 Å². The molecule has 3 nitrogen and oxygen atoms in total. The molecule has 0 unspecified atom stereocenters. The van der Waals surface area contributed by atoms with Gasteiger partial charge in [-0.25, -0.2) is 0 Å². The van der Waals surface area contributed by atoms with Gasteiger partial charge < -0.3 is 15.9 Å². The van der Waals surface area contributed by atoms with Crippen molar-refractivity contribution in [3.63, 3.8) is 0 Å². The molecule has 1 rings (SSSR count). The first-order valence-corrected chi connectivity index (χ1v) is 6.05. The minimum Gasteiger partial charge on any atom is -0.393 e. The van der Waals surface area contributed by atoms with Crippen molar-refractivity contribution in [3.8, 4) is 0 Å². The van der Waals surface area contributed by atoms with Gasteiger partial charge in [0, 0.05) is 18.7 Å². The Kier molecular flexibility index (Phi) is 6.43. The molecule has 1 aromatic rings. The molecular weight excluding hydrogens is 232 g/mol. The number of hydrogen-bond acceptors (Lipinski definition) is 3. The number of rotatable bonds is 8. The molecule has 0 atom stereocenters. The quantitative estimate of drug-likeness (QED) is 0.423. The van der Waals surface area contributed by atoms with E-state index in [4.69, 9.17) is 28.1 Å². The van der Waals surface area contributed by atoms with Crippen LogP contribution in [0.2, 0.25) is 0 Å². The largest absolute Gasteiger partial charge is 0.393 e. The van der Waals surface area contributed by atoms with E-state index in [9.17, 15) is 0 Å². The van der Waals surface area contributed by atoms with E-state index in [2.05, 4.69) is 0 Å². The van der Waals surface area contributed by atoms with E-state index in [1.807, 2.05) is 30.3 Å². The molecule has 0 aliphatic carbocycles. The molecule has 0 aromatic heterocycles. The molecule has 92 valence electrons. The Morgan fingerprint density at radius 3 is 2.65 bits per heavy atom. The first kappa shape index (κ1) is 13.8. The minimum absolute atomic E-state index is 0.389. The lowest BCUT2D eigenvalue weighted by molar-refractivity contribution is 0.119. The lowest BCUT2D eigenvalue weighted by Gasteiger charge is -2.05. The summed E-state index contributed by atoms with van der Waals surface area (Å²) in [4.78, 5) is 0.389. The van der Waals surface area contributed by atoms with Crippen molar-refractivity contribution in [2.24, 2.45) is 5.73 Å². The summed E-state index contributed by atoms with van der Waals surface area (Å²) in [6, 6.07) is 10.1. The van der Waals surface area contributed by atoms with E-state index >= 15 is 0 Å². The predicted molar refractivity (Wildman–Crippen MR) is 74.5 cm³/mol. The maximum atomic E-state index is 7.60. The Balaban J connectivity index is 2.05. The minimum atomic E-state index is 0.389. The molecule has 17 heavy (non-hydrogen) atoms. The Labute approximate surface area is 107 Å². The van der Waals surface area contributed by atoms with Crippen LogP contribution >= 0.6 is 12.2 Å².